The van der Waals surface area contributed by atoms with Crippen LogP contribution in [0.3, 0.4) is 0 Å². The number of aromatic nitrogens is 2. The Morgan fingerprint density at radius 1 is 1.14 bits per heavy atom. The van der Waals surface area contributed by atoms with Crippen LogP contribution in [0.25, 0.3) is 0 Å². The minimum absolute atomic E-state index is 0.0457. The number of nitrogens with one attached hydrogen (secondary N) is 1. The van der Waals surface area contributed by atoms with E-state index in [1.807, 2.05) is 29.2 Å². The topological polar surface area (TPSA) is 101 Å². The largest absolute Gasteiger partial charge is 0.354 e. The van der Waals surface area contributed by atoms with E-state index >= 15 is 0 Å². The lowest BCUT2D eigenvalue weighted by Gasteiger charge is -2.30. The molecule has 0 bridgehead atoms. The Hall–Kier alpha value is -3.81. The van der Waals surface area contributed by atoms with Gasteiger partial charge in [0.05, 0.1) is 4.92 Å². The zero-order chi connectivity index (χ0) is 20.4. The Morgan fingerprint density at radius 3 is 2.62 bits per heavy atom. The van der Waals surface area contributed by atoms with Crippen LogP contribution in [0.15, 0.2) is 54.9 Å². The number of nitrogens with zero attached hydrogens (tertiary/aromatic N) is 4. The first kappa shape index (κ1) is 18.5. The first-order valence-electron chi connectivity index (χ1n) is 9.27. The molecule has 0 fully saturated rings. The van der Waals surface area contributed by atoms with E-state index in [1.54, 1.807) is 24.3 Å². The van der Waals surface area contributed by atoms with E-state index in [0.29, 0.717) is 17.8 Å². The highest BCUT2D eigenvalue weighted by molar-refractivity contribution is 5.94. The smallest absolute Gasteiger partial charge is 0.334 e. The van der Waals surface area contributed by atoms with Gasteiger partial charge >= 0.3 is 5.69 Å². The summed E-state index contributed by atoms with van der Waals surface area (Å²) in [6, 6.07) is 14.6. The maximum Gasteiger partial charge on any atom is 0.354 e. The predicted molar refractivity (Wildman–Crippen MR) is 110 cm³/mol. The zero-order valence-corrected chi connectivity index (χ0v) is 15.8. The summed E-state index contributed by atoms with van der Waals surface area (Å²) >= 11 is 0. The predicted octanol–water partition coefficient (Wildman–Crippen LogP) is 4.42. The van der Waals surface area contributed by atoms with Crippen LogP contribution in [0.5, 0.6) is 0 Å². The molecule has 8 nitrogen and oxygen atoms in total. The molecular weight excluding hydrogens is 370 g/mol. The van der Waals surface area contributed by atoms with Gasteiger partial charge < -0.3 is 10.2 Å². The molecule has 8 heteroatoms. The quantitative estimate of drug-likeness (QED) is 0.392. The second-order valence-corrected chi connectivity index (χ2v) is 6.79. The molecule has 0 aliphatic carbocycles. The number of carbonyl (C=O) groups is 1. The van der Waals surface area contributed by atoms with Gasteiger partial charge in [0.1, 0.15) is 6.33 Å². The van der Waals surface area contributed by atoms with Crippen molar-refractivity contribution in [2.24, 2.45) is 0 Å². The molecule has 0 saturated heterocycles. The first-order valence-corrected chi connectivity index (χ1v) is 9.27. The van der Waals surface area contributed by atoms with E-state index in [0.717, 1.165) is 24.1 Å². The molecule has 4 rings (SSSR count). The standard InChI is InChI=1S/C21H19N5O3/c1-14(27)15-8-10-17(11-9-15)24-20-19(26(28)29)21(23-13-22-20)25-12-4-6-16-5-2-3-7-18(16)25/h2-3,5,7-11,13H,4,6,12H2,1H3,(H,22,23,24). The van der Waals surface area contributed by atoms with Crippen LogP contribution in [-0.4, -0.2) is 27.2 Å². The Bertz CT molecular complexity index is 1080. The van der Waals surface area contributed by atoms with Gasteiger partial charge in [-0.25, -0.2) is 9.97 Å². The molecule has 1 N–H and O–H groups in total. The molecule has 3 aromatic rings. The van der Waals surface area contributed by atoms with Crippen LogP contribution in [0.1, 0.15) is 29.3 Å². The van der Waals surface area contributed by atoms with Gasteiger partial charge in [-0.05, 0) is 55.7 Å². The summed E-state index contributed by atoms with van der Waals surface area (Å²) in [6.45, 7) is 2.13. The minimum Gasteiger partial charge on any atom is -0.334 e. The number of fused-ring (bicyclic) bond motifs is 1. The van der Waals surface area contributed by atoms with Gasteiger partial charge in [0.2, 0.25) is 11.6 Å². The Balaban J connectivity index is 1.74. The number of hydrogen-bond donors (Lipinski definition) is 1. The number of anilines is 4. The fourth-order valence-electron chi connectivity index (χ4n) is 3.51. The fourth-order valence-corrected chi connectivity index (χ4v) is 3.51. The molecule has 2 heterocycles. The fraction of sp³-hybridized carbons (Fsp3) is 0.190. The lowest BCUT2D eigenvalue weighted by molar-refractivity contribution is -0.383. The number of para-hydroxylation sites is 1. The second-order valence-electron chi connectivity index (χ2n) is 6.79. The molecule has 0 atom stereocenters. The molecule has 146 valence electrons. The summed E-state index contributed by atoms with van der Waals surface area (Å²) in [5, 5.41) is 14.9. The third-order valence-electron chi connectivity index (χ3n) is 4.91. The SMILES string of the molecule is CC(=O)c1ccc(Nc2ncnc(N3CCCc4ccccc43)c2[N+](=O)[O-])cc1. The van der Waals surface area contributed by atoms with E-state index in [9.17, 15) is 14.9 Å². The van der Waals surface area contributed by atoms with Crippen molar-refractivity contribution in [1.29, 1.82) is 0 Å². The van der Waals surface area contributed by atoms with Gasteiger partial charge in [-0.3, -0.25) is 14.9 Å². The van der Waals surface area contributed by atoms with E-state index in [1.165, 1.54) is 13.3 Å². The molecule has 1 aliphatic heterocycles. The molecule has 29 heavy (non-hydrogen) atoms. The Morgan fingerprint density at radius 2 is 1.90 bits per heavy atom. The minimum atomic E-state index is -0.460. The number of hydrogen-bond acceptors (Lipinski definition) is 7. The van der Waals surface area contributed by atoms with Crippen molar-refractivity contribution in [2.45, 2.75) is 19.8 Å². The first-order chi connectivity index (χ1) is 14.0. The average Bonchev–Trinajstić information content (AvgIpc) is 2.73. The van der Waals surface area contributed by atoms with E-state index in [-0.39, 0.29) is 23.1 Å². The van der Waals surface area contributed by atoms with Crippen LogP contribution in [-0.2, 0) is 6.42 Å². The third kappa shape index (κ3) is 3.64. The summed E-state index contributed by atoms with van der Waals surface area (Å²) < 4.78 is 0. The van der Waals surface area contributed by atoms with Crippen molar-refractivity contribution in [2.75, 3.05) is 16.8 Å². The van der Waals surface area contributed by atoms with Crippen molar-refractivity contribution in [3.8, 4) is 0 Å². The van der Waals surface area contributed by atoms with Crippen molar-refractivity contribution in [3.63, 3.8) is 0 Å². The van der Waals surface area contributed by atoms with Gasteiger partial charge in [-0.15, -0.1) is 0 Å². The zero-order valence-electron chi connectivity index (χ0n) is 15.8. The molecule has 0 spiro atoms. The number of ketones is 1. The molecule has 0 saturated carbocycles. The Labute approximate surface area is 167 Å². The monoisotopic (exact) mass is 389 g/mol. The average molecular weight is 389 g/mol. The number of Topliss-reactive ketones (excluding diaryl/α,β-unsaturated/α-hetero) is 1. The highest BCUT2D eigenvalue weighted by atomic mass is 16.6. The summed E-state index contributed by atoms with van der Waals surface area (Å²) in [7, 11) is 0. The third-order valence-corrected chi connectivity index (χ3v) is 4.91. The maximum atomic E-state index is 11.9. The van der Waals surface area contributed by atoms with Gasteiger partial charge in [-0.2, -0.15) is 0 Å². The van der Waals surface area contributed by atoms with Crippen LogP contribution < -0.4 is 10.2 Å². The van der Waals surface area contributed by atoms with E-state index < -0.39 is 4.92 Å². The van der Waals surface area contributed by atoms with Crippen LogP contribution in [0.2, 0.25) is 0 Å². The van der Waals surface area contributed by atoms with Crippen molar-refractivity contribution in [1.82, 2.24) is 9.97 Å². The van der Waals surface area contributed by atoms with Crippen molar-refractivity contribution < 1.29 is 9.72 Å². The number of nitro groups is 1. The van der Waals surface area contributed by atoms with Crippen molar-refractivity contribution in [3.05, 3.63) is 76.1 Å². The van der Waals surface area contributed by atoms with Gasteiger partial charge in [0.25, 0.3) is 0 Å². The molecular formula is C21H19N5O3. The summed E-state index contributed by atoms with van der Waals surface area (Å²) in [6.07, 6.45) is 3.14. The normalized spacial score (nSPS) is 12.9. The number of benzene rings is 2. The van der Waals surface area contributed by atoms with Gasteiger partial charge in [0.15, 0.2) is 5.78 Å². The van der Waals surface area contributed by atoms with Crippen LogP contribution >= 0.6 is 0 Å². The summed E-state index contributed by atoms with van der Waals surface area (Å²) in [4.78, 5) is 33.2. The van der Waals surface area contributed by atoms with Gasteiger partial charge in [-0.1, -0.05) is 18.2 Å². The summed E-state index contributed by atoms with van der Waals surface area (Å²) in [5.41, 5.74) is 3.05. The highest BCUT2D eigenvalue weighted by Gasteiger charge is 2.30. The molecule has 0 radical (unpaired) electrons. The van der Waals surface area contributed by atoms with E-state index in [2.05, 4.69) is 15.3 Å². The number of carbonyl (C=O) groups excluding carboxylic acids is 1. The molecule has 2 aromatic carbocycles. The molecule has 1 aliphatic rings. The second kappa shape index (κ2) is 7.67. The van der Waals surface area contributed by atoms with Gasteiger partial charge in [0, 0.05) is 23.5 Å². The van der Waals surface area contributed by atoms with E-state index in [4.69, 9.17) is 0 Å². The lowest BCUT2D eigenvalue weighted by Crippen LogP contribution is -2.26. The summed E-state index contributed by atoms with van der Waals surface area (Å²) in [5.74, 6) is 0.328. The maximum absolute atomic E-state index is 11.9. The molecule has 0 unspecified atom stereocenters. The van der Waals surface area contributed by atoms with Crippen LogP contribution in [0, 0.1) is 10.1 Å². The molecule has 1 aromatic heterocycles. The van der Waals surface area contributed by atoms with Crippen LogP contribution in [0.4, 0.5) is 28.7 Å². The van der Waals surface area contributed by atoms with Crippen molar-refractivity contribution >= 4 is 34.5 Å². The Kier molecular flexibility index (Phi) is 4.90. The number of aryl methyl sites for hydroxylation is 1. The highest BCUT2D eigenvalue weighted by Crippen LogP contribution is 2.40. The molecule has 0 amide bonds. The lowest BCUT2D eigenvalue weighted by atomic mass is 10.0. The number of rotatable bonds is 5.